The lowest BCUT2D eigenvalue weighted by Crippen LogP contribution is -2.37. The molecule has 0 unspecified atom stereocenters. The maximum absolute atomic E-state index is 13.1. The molecule has 2 aliphatic carbocycles. The lowest BCUT2D eigenvalue weighted by molar-refractivity contribution is -0.149. The predicted molar refractivity (Wildman–Crippen MR) is 87.8 cm³/mol. The molecule has 2 saturated carbocycles. The first kappa shape index (κ1) is 15.7. The van der Waals surface area contributed by atoms with Crippen LogP contribution in [0.15, 0.2) is 6.20 Å². The van der Waals surface area contributed by atoms with E-state index < -0.39 is 11.4 Å². The van der Waals surface area contributed by atoms with Gasteiger partial charge < -0.3 is 10.0 Å². The Hall–Kier alpha value is -1.85. The van der Waals surface area contributed by atoms with Crippen molar-refractivity contribution in [2.45, 2.75) is 57.9 Å². The highest BCUT2D eigenvalue weighted by molar-refractivity contribution is 5.96. The predicted octanol–water partition coefficient (Wildman–Crippen LogP) is 2.50. The van der Waals surface area contributed by atoms with Crippen molar-refractivity contribution in [3.05, 3.63) is 17.5 Å². The number of carboxylic acid groups (broad SMARTS) is 1. The number of rotatable bonds is 5. The summed E-state index contributed by atoms with van der Waals surface area (Å²) in [7, 11) is 0. The Kier molecular flexibility index (Phi) is 3.66. The molecule has 3 aliphatic rings. The quantitative estimate of drug-likeness (QED) is 0.899. The summed E-state index contributed by atoms with van der Waals surface area (Å²) in [5, 5.41) is 14.2. The summed E-state index contributed by atoms with van der Waals surface area (Å²) in [4.78, 5) is 26.7. The molecule has 0 aromatic carbocycles. The Morgan fingerprint density at radius 3 is 2.79 bits per heavy atom. The summed E-state index contributed by atoms with van der Waals surface area (Å²) in [6, 6.07) is 0. The zero-order chi connectivity index (χ0) is 16.9. The SMILES string of the molecule is CCCn1ncc(C(=O)N2C[C@@H]3CCC[C@@]3(C(=O)O)C2)c1C1CC1. The molecule has 6 nitrogen and oxygen atoms in total. The van der Waals surface area contributed by atoms with Crippen LogP contribution in [0.1, 0.15) is 67.4 Å². The van der Waals surface area contributed by atoms with Crippen molar-refractivity contribution < 1.29 is 14.7 Å². The maximum Gasteiger partial charge on any atom is 0.311 e. The normalized spacial score (nSPS) is 29.0. The molecule has 4 rings (SSSR count). The van der Waals surface area contributed by atoms with Gasteiger partial charge in [-0.25, -0.2) is 0 Å². The number of aryl methyl sites for hydroxylation is 1. The zero-order valence-electron chi connectivity index (χ0n) is 14.2. The standard InChI is InChI=1S/C18H25N3O3/c1-2-8-21-15(12-5-6-12)14(9-19-21)16(22)20-10-13-4-3-7-18(13,11-20)17(23)24/h9,12-13H,2-8,10-11H2,1H3,(H,23,24)/t13-,18+/m0/s1. The topological polar surface area (TPSA) is 75.4 Å². The van der Waals surface area contributed by atoms with Crippen LogP contribution < -0.4 is 0 Å². The van der Waals surface area contributed by atoms with Crippen LogP contribution in [0.4, 0.5) is 0 Å². The number of aliphatic carboxylic acids is 1. The van der Waals surface area contributed by atoms with Gasteiger partial charge >= 0.3 is 5.97 Å². The second kappa shape index (κ2) is 5.60. The molecule has 0 bridgehead atoms. The van der Waals surface area contributed by atoms with Crippen LogP contribution >= 0.6 is 0 Å². The van der Waals surface area contributed by atoms with Crippen LogP contribution in [0.3, 0.4) is 0 Å². The third-order valence-electron chi connectivity index (χ3n) is 6.09. The van der Waals surface area contributed by atoms with Crippen molar-refractivity contribution in [1.29, 1.82) is 0 Å². The molecule has 1 aliphatic heterocycles. The van der Waals surface area contributed by atoms with Gasteiger partial charge in [0.05, 0.1) is 22.9 Å². The first-order valence-electron chi connectivity index (χ1n) is 9.15. The largest absolute Gasteiger partial charge is 0.481 e. The average molecular weight is 331 g/mol. The van der Waals surface area contributed by atoms with E-state index >= 15 is 0 Å². The molecule has 2 atom stereocenters. The van der Waals surface area contributed by atoms with Crippen molar-refractivity contribution >= 4 is 11.9 Å². The van der Waals surface area contributed by atoms with Crippen molar-refractivity contribution in [2.75, 3.05) is 13.1 Å². The number of carboxylic acids is 1. The van der Waals surface area contributed by atoms with Gasteiger partial charge in [-0.1, -0.05) is 13.3 Å². The summed E-state index contributed by atoms with van der Waals surface area (Å²) in [5.41, 5.74) is 1.06. The Bertz CT molecular complexity index is 679. The smallest absolute Gasteiger partial charge is 0.311 e. The minimum atomic E-state index is -0.732. The van der Waals surface area contributed by atoms with E-state index in [9.17, 15) is 14.7 Å². The van der Waals surface area contributed by atoms with Gasteiger partial charge in [0, 0.05) is 25.6 Å². The average Bonchev–Trinajstić information content (AvgIpc) is 3.01. The van der Waals surface area contributed by atoms with E-state index in [1.54, 1.807) is 11.1 Å². The Labute approximate surface area is 141 Å². The number of fused-ring (bicyclic) bond motifs is 1. The van der Waals surface area contributed by atoms with E-state index in [0.29, 0.717) is 31.0 Å². The molecule has 1 aromatic rings. The summed E-state index contributed by atoms with van der Waals surface area (Å²) in [5.74, 6) is -0.193. The maximum atomic E-state index is 13.1. The molecule has 1 amide bonds. The second-order valence-corrected chi connectivity index (χ2v) is 7.68. The zero-order valence-corrected chi connectivity index (χ0v) is 14.2. The third kappa shape index (κ3) is 2.26. The molecule has 1 saturated heterocycles. The number of amides is 1. The third-order valence-corrected chi connectivity index (χ3v) is 6.09. The summed E-state index contributed by atoms with van der Waals surface area (Å²) >= 11 is 0. The van der Waals surface area contributed by atoms with Crippen LogP contribution in [0.5, 0.6) is 0 Å². The fourth-order valence-electron chi connectivity index (χ4n) is 4.70. The number of carbonyl (C=O) groups is 2. The Morgan fingerprint density at radius 2 is 2.17 bits per heavy atom. The van der Waals surface area contributed by atoms with Gasteiger partial charge in [-0.3, -0.25) is 14.3 Å². The van der Waals surface area contributed by atoms with Gasteiger partial charge in [-0.2, -0.15) is 5.10 Å². The van der Waals surface area contributed by atoms with Crippen LogP contribution in [0.2, 0.25) is 0 Å². The fraction of sp³-hybridized carbons (Fsp3) is 0.722. The van der Waals surface area contributed by atoms with Crippen molar-refractivity contribution in [2.24, 2.45) is 11.3 Å². The molecule has 1 N–H and O–H groups in total. The minimum Gasteiger partial charge on any atom is -0.481 e. The fourth-order valence-corrected chi connectivity index (χ4v) is 4.70. The Balaban J connectivity index is 1.60. The van der Waals surface area contributed by atoms with Gasteiger partial charge in [0.15, 0.2) is 0 Å². The molecule has 24 heavy (non-hydrogen) atoms. The van der Waals surface area contributed by atoms with E-state index in [4.69, 9.17) is 0 Å². The van der Waals surface area contributed by atoms with Crippen LogP contribution in [-0.2, 0) is 11.3 Å². The molecule has 130 valence electrons. The molecule has 0 radical (unpaired) electrons. The molecular weight excluding hydrogens is 306 g/mol. The lowest BCUT2D eigenvalue weighted by atomic mass is 9.81. The van der Waals surface area contributed by atoms with Gasteiger partial charge in [0.1, 0.15) is 0 Å². The number of hydrogen-bond acceptors (Lipinski definition) is 3. The van der Waals surface area contributed by atoms with E-state index in [2.05, 4.69) is 12.0 Å². The van der Waals surface area contributed by atoms with E-state index in [1.807, 2.05) is 4.68 Å². The molecule has 1 aromatic heterocycles. The van der Waals surface area contributed by atoms with Gasteiger partial charge in [-0.05, 0) is 38.0 Å². The summed E-state index contributed by atoms with van der Waals surface area (Å²) in [6.07, 6.45) is 7.51. The summed E-state index contributed by atoms with van der Waals surface area (Å²) < 4.78 is 1.98. The number of likely N-dealkylation sites (tertiary alicyclic amines) is 1. The number of carbonyl (C=O) groups excluding carboxylic acids is 1. The first-order valence-corrected chi connectivity index (χ1v) is 9.15. The highest BCUT2D eigenvalue weighted by atomic mass is 16.4. The highest BCUT2D eigenvalue weighted by Crippen LogP contribution is 2.49. The van der Waals surface area contributed by atoms with Crippen molar-refractivity contribution in [3.63, 3.8) is 0 Å². The minimum absolute atomic E-state index is 0.0192. The lowest BCUT2D eigenvalue weighted by Gasteiger charge is -2.23. The van der Waals surface area contributed by atoms with E-state index in [1.165, 1.54) is 0 Å². The van der Waals surface area contributed by atoms with Crippen LogP contribution in [0.25, 0.3) is 0 Å². The van der Waals surface area contributed by atoms with Gasteiger partial charge in [-0.15, -0.1) is 0 Å². The molecule has 3 fully saturated rings. The highest BCUT2D eigenvalue weighted by Gasteiger charge is 2.56. The van der Waals surface area contributed by atoms with Crippen molar-refractivity contribution in [3.8, 4) is 0 Å². The molecule has 0 spiro atoms. The first-order chi connectivity index (χ1) is 11.6. The van der Waals surface area contributed by atoms with Gasteiger partial charge in [0.2, 0.25) is 0 Å². The summed E-state index contributed by atoms with van der Waals surface area (Å²) in [6.45, 7) is 3.88. The Morgan fingerprint density at radius 1 is 1.38 bits per heavy atom. The van der Waals surface area contributed by atoms with Gasteiger partial charge in [0.25, 0.3) is 5.91 Å². The monoisotopic (exact) mass is 331 g/mol. The second-order valence-electron chi connectivity index (χ2n) is 7.68. The van der Waals surface area contributed by atoms with Crippen LogP contribution in [-0.4, -0.2) is 44.8 Å². The number of aromatic nitrogens is 2. The molecule has 6 heteroatoms. The molecule has 2 heterocycles. The van der Waals surface area contributed by atoms with Crippen LogP contribution in [0, 0.1) is 11.3 Å². The van der Waals surface area contributed by atoms with Crippen molar-refractivity contribution in [1.82, 2.24) is 14.7 Å². The van der Waals surface area contributed by atoms with E-state index in [0.717, 1.165) is 44.3 Å². The number of hydrogen-bond donors (Lipinski definition) is 1. The molecular formula is C18H25N3O3. The van der Waals surface area contributed by atoms with E-state index in [-0.39, 0.29) is 11.8 Å². The number of nitrogens with zero attached hydrogens (tertiary/aromatic N) is 3.